The van der Waals surface area contributed by atoms with E-state index >= 15 is 8.78 Å². The average molecular weight is 483 g/mol. The summed E-state index contributed by atoms with van der Waals surface area (Å²) in [5.41, 5.74) is 2.00. The van der Waals surface area contributed by atoms with Crippen LogP contribution in [0.4, 0.5) is 13.2 Å². The van der Waals surface area contributed by atoms with Crippen molar-refractivity contribution >= 4 is 0 Å². The van der Waals surface area contributed by atoms with Gasteiger partial charge < -0.3 is 9.47 Å². The highest BCUT2D eigenvalue weighted by molar-refractivity contribution is 5.65. The molecule has 1 saturated carbocycles. The Hall–Kier alpha value is -2.95. The van der Waals surface area contributed by atoms with Gasteiger partial charge >= 0.3 is 0 Å². The molecular weight excluding hydrogens is 449 g/mol. The van der Waals surface area contributed by atoms with Gasteiger partial charge in [0.15, 0.2) is 23.2 Å². The second-order valence-electron chi connectivity index (χ2n) is 9.35. The standard InChI is InChI=1S/C30H33F3O2/c1-3-5-20-6-9-22(10-7-20)25-15-16-26(30(33)29(25)32)23-11-13-24(14-12-23)35-19-21-8-17-28(34-4-2)27(31)18-21/h8,11-18,20,22H,3-7,9-10,19H2,1-2H3. The van der Waals surface area contributed by atoms with Crippen molar-refractivity contribution in [1.29, 1.82) is 0 Å². The van der Waals surface area contributed by atoms with Crippen LogP contribution in [0.15, 0.2) is 54.6 Å². The van der Waals surface area contributed by atoms with Crippen LogP contribution in [-0.2, 0) is 6.61 Å². The monoisotopic (exact) mass is 482 g/mol. The topological polar surface area (TPSA) is 18.5 Å². The van der Waals surface area contributed by atoms with Crippen molar-refractivity contribution in [2.24, 2.45) is 5.92 Å². The summed E-state index contributed by atoms with van der Waals surface area (Å²) >= 11 is 0. The maximum atomic E-state index is 15.0. The van der Waals surface area contributed by atoms with E-state index in [1.807, 2.05) is 0 Å². The SMILES string of the molecule is CCCC1CCC(c2ccc(-c3ccc(OCc4ccc(OCC)c(F)c4)cc3)c(F)c2F)CC1. The number of halogens is 3. The first kappa shape index (κ1) is 25.2. The third-order valence-corrected chi connectivity index (χ3v) is 6.96. The van der Waals surface area contributed by atoms with Crippen molar-refractivity contribution in [3.8, 4) is 22.6 Å². The van der Waals surface area contributed by atoms with Gasteiger partial charge in [0.1, 0.15) is 12.4 Å². The third kappa shape index (κ3) is 6.01. The van der Waals surface area contributed by atoms with Crippen molar-refractivity contribution in [1.82, 2.24) is 0 Å². The van der Waals surface area contributed by atoms with Crippen molar-refractivity contribution < 1.29 is 22.6 Å². The minimum absolute atomic E-state index is 0.0925. The van der Waals surface area contributed by atoms with Crippen LogP contribution in [0.2, 0.25) is 0 Å². The Labute approximate surface area is 206 Å². The van der Waals surface area contributed by atoms with E-state index in [4.69, 9.17) is 9.47 Å². The fraction of sp³-hybridized carbons (Fsp3) is 0.400. The molecule has 3 aromatic carbocycles. The molecule has 1 aliphatic rings. The van der Waals surface area contributed by atoms with Crippen LogP contribution in [0.3, 0.4) is 0 Å². The summed E-state index contributed by atoms with van der Waals surface area (Å²) in [5, 5.41) is 0. The molecule has 1 fully saturated rings. The van der Waals surface area contributed by atoms with Gasteiger partial charge in [-0.3, -0.25) is 0 Å². The predicted octanol–water partition coefficient (Wildman–Crippen LogP) is 8.82. The second-order valence-corrected chi connectivity index (χ2v) is 9.35. The second kappa shape index (κ2) is 11.7. The summed E-state index contributed by atoms with van der Waals surface area (Å²) in [7, 11) is 0. The van der Waals surface area contributed by atoms with Crippen LogP contribution >= 0.6 is 0 Å². The van der Waals surface area contributed by atoms with E-state index in [-0.39, 0.29) is 23.8 Å². The highest BCUT2D eigenvalue weighted by atomic mass is 19.2. The molecule has 0 atom stereocenters. The zero-order chi connectivity index (χ0) is 24.8. The van der Waals surface area contributed by atoms with E-state index in [1.54, 1.807) is 55.5 Å². The van der Waals surface area contributed by atoms with Gasteiger partial charge in [-0.25, -0.2) is 13.2 Å². The first-order valence-corrected chi connectivity index (χ1v) is 12.6. The molecule has 35 heavy (non-hydrogen) atoms. The van der Waals surface area contributed by atoms with Crippen molar-refractivity contribution in [2.45, 2.75) is 64.9 Å². The van der Waals surface area contributed by atoms with Crippen molar-refractivity contribution in [3.05, 3.63) is 83.2 Å². The van der Waals surface area contributed by atoms with Gasteiger partial charge in [-0.1, -0.05) is 50.1 Å². The van der Waals surface area contributed by atoms with Crippen molar-refractivity contribution in [3.63, 3.8) is 0 Å². The van der Waals surface area contributed by atoms with Crippen LogP contribution in [0.5, 0.6) is 11.5 Å². The fourth-order valence-corrected chi connectivity index (χ4v) is 5.08. The van der Waals surface area contributed by atoms with Gasteiger partial charge in [-0.2, -0.15) is 0 Å². The number of rotatable bonds is 9. The maximum Gasteiger partial charge on any atom is 0.166 e. The van der Waals surface area contributed by atoms with Gasteiger partial charge in [0.25, 0.3) is 0 Å². The third-order valence-electron chi connectivity index (χ3n) is 6.96. The van der Waals surface area contributed by atoms with E-state index < -0.39 is 17.5 Å². The molecule has 0 amide bonds. The number of ether oxygens (including phenoxy) is 2. The predicted molar refractivity (Wildman–Crippen MR) is 133 cm³/mol. The van der Waals surface area contributed by atoms with E-state index in [0.29, 0.717) is 29.0 Å². The highest BCUT2D eigenvalue weighted by Crippen LogP contribution is 2.40. The largest absolute Gasteiger partial charge is 0.491 e. The molecule has 0 bridgehead atoms. The van der Waals surface area contributed by atoms with Crippen LogP contribution in [-0.4, -0.2) is 6.61 Å². The Bertz CT molecular complexity index is 1120. The normalized spacial score (nSPS) is 17.9. The molecule has 0 N–H and O–H groups in total. The molecule has 0 unspecified atom stereocenters. The number of benzene rings is 3. The van der Waals surface area contributed by atoms with Gasteiger partial charge in [0, 0.05) is 5.56 Å². The summed E-state index contributed by atoms with van der Waals surface area (Å²) < 4.78 is 55.1. The quantitative estimate of drug-likeness (QED) is 0.303. The minimum Gasteiger partial charge on any atom is -0.491 e. The summed E-state index contributed by atoms with van der Waals surface area (Å²) in [5.74, 6) is -0.365. The van der Waals surface area contributed by atoms with E-state index in [9.17, 15) is 4.39 Å². The summed E-state index contributed by atoms with van der Waals surface area (Å²) in [6, 6.07) is 15.0. The van der Waals surface area contributed by atoms with Gasteiger partial charge in [0.2, 0.25) is 0 Å². The van der Waals surface area contributed by atoms with Gasteiger partial charge in [-0.05, 0) is 85.4 Å². The maximum absolute atomic E-state index is 15.0. The number of hydrogen-bond acceptors (Lipinski definition) is 2. The molecule has 0 heterocycles. The minimum atomic E-state index is -0.795. The lowest BCUT2D eigenvalue weighted by Crippen LogP contribution is -2.14. The van der Waals surface area contributed by atoms with Crippen LogP contribution < -0.4 is 9.47 Å². The van der Waals surface area contributed by atoms with Crippen molar-refractivity contribution in [2.75, 3.05) is 6.61 Å². The molecule has 0 aliphatic heterocycles. The van der Waals surface area contributed by atoms with E-state index in [0.717, 1.165) is 31.6 Å². The Balaban J connectivity index is 1.41. The molecule has 1 aliphatic carbocycles. The lowest BCUT2D eigenvalue weighted by atomic mass is 9.77. The summed E-state index contributed by atoms with van der Waals surface area (Å²) in [6.07, 6.45) is 6.42. The smallest absolute Gasteiger partial charge is 0.166 e. The zero-order valence-electron chi connectivity index (χ0n) is 20.5. The zero-order valence-corrected chi connectivity index (χ0v) is 20.5. The highest BCUT2D eigenvalue weighted by Gasteiger charge is 2.26. The first-order valence-electron chi connectivity index (χ1n) is 12.6. The Morgan fingerprint density at radius 1 is 0.800 bits per heavy atom. The van der Waals surface area contributed by atoms with E-state index in [2.05, 4.69) is 6.92 Å². The molecule has 2 nitrogen and oxygen atoms in total. The average Bonchev–Trinajstić information content (AvgIpc) is 2.87. The molecule has 0 radical (unpaired) electrons. The van der Waals surface area contributed by atoms with Crippen LogP contribution in [0.1, 0.15) is 69.4 Å². The molecule has 4 rings (SSSR count). The molecule has 186 valence electrons. The lowest BCUT2D eigenvalue weighted by molar-refractivity contribution is 0.302. The molecule has 3 aromatic rings. The van der Waals surface area contributed by atoms with Crippen LogP contribution in [0.25, 0.3) is 11.1 Å². The van der Waals surface area contributed by atoms with E-state index in [1.165, 1.54) is 18.9 Å². The molecular formula is C30H33F3O2. The molecule has 5 heteroatoms. The first-order chi connectivity index (χ1) is 17.0. The summed E-state index contributed by atoms with van der Waals surface area (Å²) in [6.45, 7) is 4.57. The van der Waals surface area contributed by atoms with Gasteiger partial charge in [-0.15, -0.1) is 0 Å². The Kier molecular flexibility index (Phi) is 8.37. The number of hydrogen-bond donors (Lipinski definition) is 0. The Morgan fingerprint density at radius 2 is 1.54 bits per heavy atom. The summed E-state index contributed by atoms with van der Waals surface area (Å²) in [4.78, 5) is 0. The molecule has 0 saturated heterocycles. The van der Waals surface area contributed by atoms with Gasteiger partial charge in [0.05, 0.1) is 6.61 Å². The fourth-order valence-electron chi connectivity index (χ4n) is 5.08. The van der Waals surface area contributed by atoms with Crippen LogP contribution in [0, 0.1) is 23.4 Å². The Morgan fingerprint density at radius 3 is 2.20 bits per heavy atom. The molecule has 0 aromatic heterocycles. The lowest BCUT2D eigenvalue weighted by Gasteiger charge is -2.29. The molecule has 0 spiro atoms.